The number of piperazine rings is 1. The van der Waals surface area contributed by atoms with Gasteiger partial charge in [-0.3, -0.25) is 14.4 Å². The summed E-state index contributed by atoms with van der Waals surface area (Å²) in [5, 5.41) is 7.89. The van der Waals surface area contributed by atoms with E-state index < -0.39 is 35.9 Å². The number of halogens is 1. The molecule has 0 bridgehead atoms. The maximum atomic E-state index is 12.6. The molecule has 1 aliphatic rings. The molecule has 1 heterocycles. The van der Waals surface area contributed by atoms with E-state index in [-0.39, 0.29) is 18.7 Å². The Morgan fingerprint density at radius 3 is 2.25 bits per heavy atom. The number of amides is 3. The minimum Gasteiger partial charge on any atom is -0.467 e. The number of benzene rings is 2. The van der Waals surface area contributed by atoms with Crippen LogP contribution in [0, 0.1) is 0 Å². The molecule has 1 fully saturated rings. The Morgan fingerprint density at radius 2 is 1.59 bits per heavy atom. The Balaban J connectivity index is 1.57. The second kappa shape index (κ2) is 10.9. The molecule has 8 nitrogen and oxygen atoms in total. The third kappa shape index (κ3) is 6.40. The predicted molar refractivity (Wildman–Crippen MR) is 120 cm³/mol. The Morgan fingerprint density at radius 1 is 0.969 bits per heavy atom. The van der Waals surface area contributed by atoms with Crippen molar-refractivity contribution in [1.82, 2.24) is 16.0 Å². The molecular weight excluding hydrogens is 478 g/mol. The van der Waals surface area contributed by atoms with Gasteiger partial charge in [0.25, 0.3) is 0 Å². The lowest BCUT2D eigenvalue weighted by molar-refractivity contribution is -0.145. The zero-order valence-corrected chi connectivity index (χ0v) is 19.1. The van der Waals surface area contributed by atoms with E-state index in [0.29, 0.717) is 6.42 Å². The van der Waals surface area contributed by atoms with Gasteiger partial charge in [0.2, 0.25) is 17.7 Å². The molecule has 168 valence electrons. The van der Waals surface area contributed by atoms with Crippen molar-refractivity contribution in [3.63, 3.8) is 0 Å². The first kappa shape index (κ1) is 23.5. The van der Waals surface area contributed by atoms with Crippen LogP contribution in [0.3, 0.4) is 0 Å². The van der Waals surface area contributed by atoms with Gasteiger partial charge in [-0.15, -0.1) is 0 Å². The first-order chi connectivity index (χ1) is 15.4. The summed E-state index contributed by atoms with van der Waals surface area (Å²) in [7, 11) is 1.24. The summed E-state index contributed by atoms with van der Waals surface area (Å²) in [6.45, 7) is 0. The second-order valence-corrected chi connectivity index (χ2v) is 8.41. The number of nitrogens with one attached hydrogen (secondary N) is 3. The molecule has 3 rings (SSSR count). The lowest BCUT2D eigenvalue weighted by Gasteiger charge is -2.29. The third-order valence-corrected chi connectivity index (χ3v) is 5.64. The van der Waals surface area contributed by atoms with Gasteiger partial charge in [0.15, 0.2) is 0 Å². The van der Waals surface area contributed by atoms with Crippen molar-refractivity contribution in [2.45, 2.75) is 37.4 Å². The van der Waals surface area contributed by atoms with Crippen LogP contribution < -0.4 is 16.0 Å². The summed E-state index contributed by atoms with van der Waals surface area (Å²) in [5.74, 6) is -1.94. The normalized spacial score (nSPS) is 18.8. The number of carbonyl (C=O) groups is 4. The first-order valence-electron chi connectivity index (χ1n) is 10.1. The number of rotatable bonds is 8. The molecule has 32 heavy (non-hydrogen) atoms. The Hall–Kier alpha value is -3.20. The van der Waals surface area contributed by atoms with Gasteiger partial charge < -0.3 is 20.7 Å². The van der Waals surface area contributed by atoms with Crippen molar-refractivity contribution in [1.29, 1.82) is 0 Å². The van der Waals surface area contributed by atoms with Crippen molar-refractivity contribution >= 4 is 39.6 Å². The largest absolute Gasteiger partial charge is 0.467 e. The van der Waals surface area contributed by atoms with E-state index in [1.54, 1.807) is 0 Å². The quantitative estimate of drug-likeness (QED) is 0.471. The molecule has 2 aromatic rings. The van der Waals surface area contributed by atoms with Crippen LogP contribution in [0.1, 0.15) is 17.5 Å². The fraction of sp³-hybridized carbons (Fsp3) is 0.304. The van der Waals surface area contributed by atoms with E-state index >= 15 is 0 Å². The number of carbonyl (C=O) groups excluding carboxylic acids is 4. The smallest absolute Gasteiger partial charge is 0.328 e. The molecule has 0 aliphatic carbocycles. The van der Waals surface area contributed by atoms with Crippen LogP contribution in [0.4, 0.5) is 0 Å². The molecule has 3 atom stereocenters. The highest BCUT2D eigenvalue weighted by molar-refractivity contribution is 9.10. The van der Waals surface area contributed by atoms with Gasteiger partial charge in [0.05, 0.1) is 13.5 Å². The Labute approximate surface area is 194 Å². The van der Waals surface area contributed by atoms with Crippen LogP contribution in [0.15, 0.2) is 59.1 Å². The molecule has 0 radical (unpaired) electrons. The van der Waals surface area contributed by atoms with Gasteiger partial charge in [0, 0.05) is 17.3 Å². The highest BCUT2D eigenvalue weighted by atomic mass is 79.9. The number of ether oxygens (including phenoxy) is 1. The maximum Gasteiger partial charge on any atom is 0.328 e. The van der Waals surface area contributed by atoms with Crippen LogP contribution in [-0.4, -0.2) is 48.9 Å². The monoisotopic (exact) mass is 501 g/mol. The second-order valence-electron chi connectivity index (χ2n) is 7.49. The Kier molecular flexibility index (Phi) is 7.99. The van der Waals surface area contributed by atoms with Crippen LogP contribution in [0.2, 0.25) is 0 Å². The Bertz CT molecular complexity index is 981. The van der Waals surface area contributed by atoms with Crippen molar-refractivity contribution in [3.8, 4) is 0 Å². The summed E-state index contributed by atoms with van der Waals surface area (Å²) in [4.78, 5) is 49.6. The van der Waals surface area contributed by atoms with E-state index in [1.165, 1.54) is 7.11 Å². The van der Waals surface area contributed by atoms with Crippen molar-refractivity contribution in [3.05, 3.63) is 70.2 Å². The standard InChI is InChI=1S/C23H24BrN3O5/c1-32-23(31)19(12-15-7-9-16(24)10-8-15)25-20(28)13-18-22(30)26-17(21(29)27-18)11-14-5-3-2-4-6-14/h2-10,17-19H,11-13H2,1H3,(H,25,28)(H,26,30)(H,27,29)/t17-,18-,19+/m0/s1. The highest BCUT2D eigenvalue weighted by Gasteiger charge is 2.35. The molecule has 0 aromatic heterocycles. The minimum atomic E-state index is -1.01. The summed E-state index contributed by atoms with van der Waals surface area (Å²) < 4.78 is 5.69. The van der Waals surface area contributed by atoms with Crippen molar-refractivity contribution < 1.29 is 23.9 Å². The third-order valence-electron chi connectivity index (χ3n) is 5.11. The fourth-order valence-corrected chi connectivity index (χ4v) is 3.71. The molecule has 3 amide bonds. The number of hydrogen-bond acceptors (Lipinski definition) is 5. The topological polar surface area (TPSA) is 114 Å². The maximum absolute atomic E-state index is 12.6. The van der Waals surface area contributed by atoms with Crippen LogP contribution in [0.25, 0.3) is 0 Å². The van der Waals surface area contributed by atoms with Gasteiger partial charge in [-0.2, -0.15) is 0 Å². The SMILES string of the molecule is COC(=O)[C@@H](Cc1ccc(Br)cc1)NC(=O)C[C@@H]1NC(=O)[C@H](Cc2ccccc2)NC1=O. The summed E-state index contributed by atoms with van der Waals surface area (Å²) in [6, 6.07) is 14.0. The van der Waals surface area contributed by atoms with Gasteiger partial charge in [-0.25, -0.2) is 4.79 Å². The molecule has 0 unspecified atom stereocenters. The lowest BCUT2D eigenvalue weighted by atomic mass is 10.0. The van der Waals surface area contributed by atoms with Gasteiger partial charge in [0.1, 0.15) is 18.1 Å². The van der Waals surface area contributed by atoms with E-state index in [4.69, 9.17) is 4.74 Å². The number of methoxy groups -OCH3 is 1. The molecule has 2 aromatic carbocycles. The minimum absolute atomic E-state index is 0.230. The van der Waals surface area contributed by atoms with Gasteiger partial charge in [-0.1, -0.05) is 58.4 Å². The zero-order valence-electron chi connectivity index (χ0n) is 17.5. The van der Waals surface area contributed by atoms with Crippen LogP contribution in [0.5, 0.6) is 0 Å². The molecule has 9 heteroatoms. The van der Waals surface area contributed by atoms with E-state index in [1.807, 2.05) is 54.6 Å². The molecule has 0 spiro atoms. The number of hydrogen-bond donors (Lipinski definition) is 3. The summed E-state index contributed by atoms with van der Waals surface area (Å²) >= 11 is 3.35. The van der Waals surface area contributed by atoms with Crippen molar-refractivity contribution in [2.24, 2.45) is 0 Å². The summed E-state index contributed by atoms with van der Waals surface area (Å²) in [5.41, 5.74) is 1.74. The average molecular weight is 502 g/mol. The predicted octanol–water partition coefficient (Wildman–Crippen LogP) is 1.27. The molecule has 1 saturated heterocycles. The molecular formula is C23H24BrN3O5. The van der Waals surface area contributed by atoms with E-state index in [9.17, 15) is 19.2 Å². The molecule has 0 saturated carbocycles. The van der Waals surface area contributed by atoms with Crippen LogP contribution in [-0.2, 0) is 36.8 Å². The average Bonchev–Trinajstić information content (AvgIpc) is 2.78. The molecule has 1 aliphatic heterocycles. The number of esters is 1. The van der Waals surface area contributed by atoms with Crippen LogP contribution >= 0.6 is 15.9 Å². The van der Waals surface area contributed by atoms with E-state index in [2.05, 4.69) is 31.9 Å². The first-order valence-corrected chi connectivity index (χ1v) is 10.9. The zero-order chi connectivity index (χ0) is 23.1. The lowest BCUT2D eigenvalue weighted by Crippen LogP contribution is -2.63. The summed E-state index contributed by atoms with van der Waals surface area (Å²) in [6.07, 6.45) is 0.298. The van der Waals surface area contributed by atoms with Gasteiger partial charge >= 0.3 is 5.97 Å². The highest BCUT2D eigenvalue weighted by Crippen LogP contribution is 2.13. The fourth-order valence-electron chi connectivity index (χ4n) is 3.44. The molecule has 3 N–H and O–H groups in total. The van der Waals surface area contributed by atoms with Crippen molar-refractivity contribution in [2.75, 3.05) is 7.11 Å². The van der Waals surface area contributed by atoms with E-state index in [0.717, 1.165) is 15.6 Å². The van der Waals surface area contributed by atoms with Gasteiger partial charge in [-0.05, 0) is 23.3 Å².